The zero-order valence-electron chi connectivity index (χ0n) is 7.00. The van der Waals surface area contributed by atoms with Crippen LogP contribution >= 0.6 is 0 Å². The van der Waals surface area contributed by atoms with Crippen LogP contribution in [0.15, 0.2) is 16.7 Å². The van der Waals surface area contributed by atoms with Gasteiger partial charge in [0.05, 0.1) is 6.26 Å². The SMILES string of the molecule is CCC[C@H](O)c1occc1C. The first kappa shape index (κ1) is 8.34. The first-order chi connectivity index (χ1) is 5.25. The molecule has 0 amide bonds. The standard InChI is InChI=1S/C9H14O2/c1-3-4-8(10)9-7(2)5-6-11-9/h5-6,8,10H,3-4H2,1-2H3/t8-/m0/s1. The van der Waals surface area contributed by atoms with Gasteiger partial charge < -0.3 is 9.52 Å². The molecular weight excluding hydrogens is 140 g/mol. The highest BCUT2D eigenvalue weighted by atomic mass is 16.4. The number of hydrogen-bond acceptors (Lipinski definition) is 2. The molecule has 0 saturated carbocycles. The Kier molecular flexibility index (Phi) is 2.71. The van der Waals surface area contributed by atoms with Gasteiger partial charge in [-0.05, 0) is 25.0 Å². The smallest absolute Gasteiger partial charge is 0.135 e. The molecule has 2 nitrogen and oxygen atoms in total. The van der Waals surface area contributed by atoms with E-state index in [-0.39, 0.29) is 0 Å². The second-order valence-electron chi connectivity index (χ2n) is 2.77. The van der Waals surface area contributed by atoms with Gasteiger partial charge in [0, 0.05) is 0 Å². The summed E-state index contributed by atoms with van der Waals surface area (Å²) in [4.78, 5) is 0. The summed E-state index contributed by atoms with van der Waals surface area (Å²) in [7, 11) is 0. The molecule has 0 unspecified atom stereocenters. The van der Waals surface area contributed by atoms with Crippen LogP contribution in [0.4, 0.5) is 0 Å². The fraction of sp³-hybridized carbons (Fsp3) is 0.556. The lowest BCUT2D eigenvalue weighted by Gasteiger charge is -2.05. The number of aryl methyl sites for hydroxylation is 1. The molecule has 1 aromatic heterocycles. The van der Waals surface area contributed by atoms with Gasteiger partial charge in [-0.1, -0.05) is 13.3 Å². The average Bonchev–Trinajstić information content (AvgIpc) is 2.36. The van der Waals surface area contributed by atoms with E-state index in [1.807, 2.05) is 19.9 Å². The van der Waals surface area contributed by atoms with Crippen molar-refractivity contribution in [2.24, 2.45) is 0 Å². The Bertz CT molecular complexity index is 215. The van der Waals surface area contributed by atoms with Gasteiger partial charge in [0.25, 0.3) is 0 Å². The highest BCUT2D eigenvalue weighted by Crippen LogP contribution is 2.21. The van der Waals surface area contributed by atoms with Gasteiger partial charge in [0.15, 0.2) is 0 Å². The third kappa shape index (κ3) is 1.84. The van der Waals surface area contributed by atoms with Gasteiger partial charge in [-0.15, -0.1) is 0 Å². The van der Waals surface area contributed by atoms with Crippen molar-refractivity contribution >= 4 is 0 Å². The minimum absolute atomic E-state index is 0.421. The molecule has 1 atom stereocenters. The molecule has 0 aliphatic rings. The summed E-state index contributed by atoms with van der Waals surface area (Å²) in [5.41, 5.74) is 1.03. The molecule has 11 heavy (non-hydrogen) atoms. The third-order valence-electron chi connectivity index (χ3n) is 1.77. The van der Waals surface area contributed by atoms with Crippen molar-refractivity contribution in [1.29, 1.82) is 0 Å². The van der Waals surface area contributed by atoms with Gasteiger partial charge in [-0.25, -0.2) is 0 Å². The molecule has 0 saturated heterocycles. The molecular formula is C9H14O2. The van der Waals surface area contributed by atoms with Crippen LogP contribution in [0.2, 0.25) is 0 Å². The molecule has 0 spiro atoms. The fourth-order valence-electron chi connectivity index (χ4n) is 1.13. The number of rotatable bonds is 3. The predicted molar refractivity (Wildman–Crippen MR) is 43.3 cm³/mol. The Labute approximate surface area is 66.8 Å². The molecule has 0 radical (unpaired) electrons. The van der Waals surface area contributed by atoms with E-state index in [9.17, 15) is 5.11 Å². The molecule has 0 fully saturated rings. The molecule has 1 rings (SSSR count). The Morgan fingerprint density at radius 3 is 2.82 bits per heavy atom. The molecule has 1 N–H and O–H groups in total. The normalized spacial score (nSPS) is 13.4. The van der Waals surface area contributed by atoms with Crippen molar-refractivity contribution in [2.45, 2.75) is 32.8 Å². The van der Waals surface area contributed by atoms with Gasteiger partial charge in [-0.3, -0.25) is 0 Å². The molecule has 0 aromatic carbocycles. The number of furan rings is 1. The first-order valence-corrected chi connectivity index (χ1v) is 3.97. The van der Waals surface area contributed by atoms with Gasteiger partial charge >= 0.3 is 0 Å². The van der Waals surface area contributed by atoms with Crippen LogP contribution in [0.1, 0.15) is 37.2 Å². The molecule has 1 heterocycles. The van der Waals surface area contributed by atoms with Crippen molar-refractivity contribution in [2.75, 3.05) is 0 Å². The van der Waals surface area contributed by atoms with Crippen molar-refractivity contribution in [3.63, 3.8) is 0 Å². The van der Waals surface area contributed by atoms with E-state index in [0.717, 1.165) is 18.4 Å². The van der Waals surface area contributed by atoms with E-state index >= 15 is 0 Å². The minimum atomic E-state index is -0.421. The molecule has 62 valence electrons. The monoisotopic (exact) mass is 154 g/mol. The third-order valence-corrected chi connectivity index (χ3v) is 1.77. The van der Waals surface area contributed by atoms with Crippen molar-refractivity contribution < 1.29 is 9.52 Å². The molecule has 1 aromatic rings. The largest absolute Gasteiger partial charge is 0.466 e. The summed E-state index contributed by atoms with van der Waals surface area (Å²) >= 11 is 0. The Morgan fingerprint density at radius 2 is 2.36 bits per heavy atom. The van der Waals surface area contributed by atoms with Gasteiger partial charge in [0.2, 0.25) is 0 Å². The predicted octanol–water partition coefficient (Wildman–Crippen LogP) is 2.42. The Hall–Kier alpha value is -0.760. The van der Waals surface area contributed by atoms with E-state index in [0.29, 0.717) is 5.76 Å². The van der Waals surface area contributed by atoms with E-state index in [1.165, 1.54) is 0 Å². The fourth-order valence-corrected chi connectivity index (χ4v) is 1.13. The van der Waals surface area contributed by atoms with Crippen LogP contribution in [0.25, 0.3) is 0 Å². The highest BCUT2D eigenvalue weighted by molar-refractivity contribution is 5.16. The maximum Gasteiger partial charge on any atom is 0.135 e. The number of aliphatic hydroxyl groups excluding tert-OH is 1. The van der Waals surface area contributed by atoms with Crippen LogP contribution in [-0.4, -0.2) is 5.11 Å². The van der Waals surface area contributed by atoms with Crippen LogP contribution in [0.3, 0.4) is 0 Å². The summed E-state index contributed by atoms with van der Waals surface area (Å²) in [5, 5.41) is 9.50. The van der Waals surface area contributed by atoms with Crippen molar-refractivity contribution in [3.8, 4) is 0 Å². The first-order valence-electron chi connectivity index (χ1n) is 3.97. The van der Waals surface area contributed by atoms with E-state index < -0.39 is 6.10 Å². The lowest BCUT2D eigenvalue weighted by atomic mass is 10.1. The Morgan fingerprint density at radius 1 is 1.64 bits per heavy atom. The van der Waals surface area contributed by atoms with Gasteiger partial charge in [-0.2, -0.15) is 0 Å². The summed E-state index contributed by atoms with van der Waals surface area (Å²) in [5.74, 6) is 0.715. The van der Waals surface area contributed by atoms with Crippen LogP contribution in [-0.2, 0) is 0 Å². The maximum absolute atomic E-state index is 9.50. The van der Waals surface area contributed by atoms with E-state index in [4.69, 9.17) is 4.42 Å². The summed E-state index contributed by atoms with van der Waals surface area (Å²) in [6.45, 7) is 3.99. The molecule has 2 heteroatoms. The zero-order chi connectivity index (χ0) is 8.27. The second kappa shape index (κ2) is 3.58. The molecule has 0 bridgehead atoms. The Balaban J connectivity index is 2.67. The second-order valence-corrected chi connectivity index (χ2v) is 2.77. The number of hydrogen-bond donors (Lipinski definition) is 1. The molecule has 0 aliphatic carbocycles. The topological polar surface area (TPSA) is 33.4 Å². The van der Waals surface area contributed by atoms with Crippen molar-refractivity contribution in [1.82, 2.24) is 0 Å². The molecule has 0 aliphatic heterocycles. The lowest BCUT2D eigenvalue weighted by Crippen LogP contribution is -1.95. The quantitative estimate of drug-likeness (QED) is 0.725. The summed E-state index contributed by atoms with van der Waals surface area (Å²) in [6.07, 6.45) is 2.94. The van der Waals surface area contributed by atoms with Crippen molar-refractivity contribution in [3.05, 3.63) is 23.7 Å². The van der Waals surface area contributed by atoms with Crippen LogP contribution in [0, 0.1) is 6.92 Å². The lowest BCUT2D eigenvalue weighted by molar-refractivity contribution is 0.138. The minimum Gasteiger partial charge on any atom is -0.466 e. The average molecular weight is 154 g/mol. The van der Waals surface area contributed by atoms with Gasteiger partial charge in [0.1, 0.15) is 11.9 Å². The maximum atomic E-state index is 9.50. The van der Waals surface area contributed by atoms with Crippen LogP contribution in [0.5, 0.6) is 0 Å². The number of aliphatic hydroxyl groups is 1. The van der Waals surface area contributed by atoms with E-state index in [2.05, 4.69) is 0 Å². The van der Waals surface area contributed by atoms with E-state index in [1.54, 1.807) is 6.26 Å². The van der Waals surface area contributed by atoms with Crippen LogP contribution < -0.4 is 0 Å². The summed E-state index contributed by atoms with van der Waals surface area (Å²) in [6, 6.07) is 1.87. The summed E-state index contributed by atoms with van der Waals surface area (Å²) < 4.78 is 5.13. The highest BCUT2D eigenvalue weighted by Gasteiger charge is 2.11. The zero-order valence-corrected chi connectivity index (χ0v) is 7.00.